The van der Waals surface area contributed by atoms with Crippen LogP contribution in [0.1, 0.15) is 31.9 Å². The molecule has 1 aromatic rings. The third-order valence-electron chi connectivity index (χ3n) is 3.22. The minimum atomic E-state index is 0.574. The van der Waals surface area contributed by atoms with E-state index < -0.39 is 0 Å². The predicted octanol–water partition coefficient (Wildman–Crippen LogP) is 1.53. The number of hydrogen-bond acceptors (Lipinski definition) is 2. The van der Waals surface area contributed by atoms with E-state index >= 15 is 0 Å². The molecule has 0 spiro atoms. The molecule has 1 aliphatic carbocycles. The molecule has 2 rings (SSSR count). The van der Waals surface area contributed by atoms with Gasteiger partial charge in [0.1, 0.15) is 0 Å². The van der Waals surface area contributed by atoms with Gasteiger partial charge in [0.2, 0.25) is 0 Å². The molecule has 72 valence electrons. The summed E-state index contributed by atoms with van der Waals surface area (Å²) in [5.41, 5.74) is 7.34. The molecule has 0 bridgehead atoms. The molecule has 0 saturated heterocycles. The molecule has 1 aliphatic rings. The molecule has 13 heavy (non-hydrogen) atoms. The first-order valence-corrected chi connectivity index (χ1v) is 4.99. The number of imidazole rings is 1. The van der Waals surface area contributed by atoms with Crippen molar-refractivity contribution >= 4 is 0 Å². The first kappa shape index (κ1) is 8.75. The van der Waals surface area contributed by atoms with Crippen LogP contribution < -0.4 is 5.73 Å². The van der Waals surface area contributed by atoms with E-state index in [9.17, 15) is 0 Å². The summed E-state index contributed by atoms with van der Waals surface area (Å²) < 4.78 is 2.20. The Morgan fingerprint density at radius 2 is 2.38 bits per heavy atom. The second-order valence-corrected chi connectivity index (χ2v) is 4.07. The third-order valence-corrected chi connectivity index (χ3v) is 3.22. The first-order valence-electron chi connectivity index (χ1n) is 4.99. The maximum Gasteiger partial charge on any atom is 0.0948 e. The maximum atomic E-state index is 5.61. The van der Waals surface area contributed by atoms with Crippen LogP contribution in [0, 0.1) is 5.41 Å². The topological polar surface area (TPSA) is 43.8 Å². The van der Waals surface area contributed by atoms with Crippen LogP contribution >= 0.6 is 0 Å². The van der Waals surface area contributed by atoms with Crippen LogP contribution in [0.5, 0.6) is 0 Å². The van der Waals surface area contributed by atoms with Gasteiger partial charge in [0.05, 0.1) is 12.0 Å². The summed E-state index contributed by atoms with van der Waals surface area (Å²) in [7, 11) is 0. The average molecular weight is 179 g/mol. The number of nitrogens with zero attached hydrogens (tertiary/aromatic N) is 2. The van der Waals surface area contributed by atoms with Crippen LogP contribution in [0.15, 0.2) is 12.5 Å². The molecular formula is C10H17N3. The van der Waals surface area contributed by atoms with Crippen molar-refractivity contribution in [2.45, 2.75) is 39.3 Å². The highest BCUT2D eigenvalue weighted by Gasteiger charge is 2.40. The van der Waals surface area contributed by atoms with Gasteiger partial charge in [0.15, 0.2) is 0 Å². The molecule has 1 fully saturated rings. The molecule has 0 aliphatic heterocycles. The summed E-state index contributed by atoms with van der Waals surface area (Å²) in [6.45, 7) is 3.97. The zero-order valence-electron chi connectivity index (χ0n) is 8.16. The fraction of sp³-hybridized carbons (Fsp3) is 0.700. The van der Waals surface area contributed by atoms with Crippen LogP contribution in [0.4, 0.5) is 0 Å². The summed E-state index contributed by atoms with van der Waals surface area (Å²) in [6.07, 6.45) is 7.77. The molecule has 0 aromatic carbocycles. The summed E-state index contributed by atoms with van der Waals surface area (Å²) in [4.78, 5) is 4.12. The quantitative estimate of drug-likeness (QED) is 0.761. The summed E-state index contributed by atoms with van der Waals surface area (Å²) in [5, 5.41) is 0. The number of hydrogen-bond donors (Lipinski definition) is 1. The van der Waals surface area contributed by atoms with E-state index in [2.05, 4.69) is 16.5 Å². The van der Waals surface area contributed by atoms with E-state index in [1.807, 2.05) is 12.5 Å². The molecule has 3 nitrogen and oxygen atoms in total. The number of nitrogens with two attached hydrogens (primary N) is 1. The lowest BCUT2D eigenvalue weighted by molar-refractivity contribution is 0.402. The average Bonchev–Trinajstić information content (AvgIpc) is 2.78. The molecular weight excluding hydrogens is 162 g/mol. The smallest absolute Gasteiger partial charge is 0.0948 e. The second-order valence-electron chi connectivity index (χ2n) is 4.07. The van der Waals surface area contributed by atoms with Crippen molar-refractivity contribution in [2.75, 3.05) is 0 Å². The van der Waals surface area contributed by atoms with Crippen molar-refractivity contribution < 1.29 is 0 Å². The van der Waals surface area contributed by atoms with Gasteiger partial charge in [0.25, 0.3) is 0 Å². The third kappa shape index (κ3) is 1.61. The van der Waals surface area contributed by atoms with Gasteiger partial charge < -0.3 is 10.3 Å². The molecule has 1 saturated carbocycles. The molecule has 1 aromatic heterocycles. The van der Waals surface area contributed by atoms with E-state index in [0.29, 0.717) is 12.0 Å². The molecule has 1 heterocycles. The zero-order chi connectivity index (χ0) is 9.31. The maximum absolute atomic E-state index is 5.61. The van der Waals surface area contributed by atoms with E-state index in [1.54, 1.807) is 0 Å². The Labute approximate surface area is 79.0 Å². The van der Waals surface area contributed by atoms with Crippen molar-refractivity contribution in [2.24, 2.45) is 11.1 Å². The summed E-state index contributed by atoms with van der Waals surface area (Å²) >= 11 is 0. The Bertz CT molecular complexity index is 286. The lowest BCUT2D eigenvalue weighted by Gasteiger charge is -2.14. The van der Waals surface area contributed by atoms with Crippen molar-refractivity contribution in [3.63, 3.8) is 0 Å². The molecule has 3 heteroatoms. The lowest BCUT2D eigenvalue weighted by atomic mass is 10.0. The monoisotopic (exact) mass is 179 g/mol. The van der Waals surface area contributed by atoms with E-state index in [4.69, 9.17) is 5.73 Å². The van der Waals surface area contributed by atoms with Gasteiger partial charge in [-0.3, -0.25) is 0 Å². The van der Waals surface area contributed by atoms with Crippen molar-refractivity contribution in [3.8, 4) is 0 Å². The Kier molecular flexibility index (Phi) is 2.12. The van der Waals surface area contributed by atoms with E-state index in [-0.39, 0.29) is 0 Å². The highest BCUT2D eigenvalue weighted by molar-refractivity contribution is 5.01. The minimum absolute atomic E-state index is 0.574. The van der Waals surface area contributed by atoms with Gasteiger partial charge in [-0.25, -0.2) is 4.98 Å². The van der Waals surface area contributed by atoms with Gasteiger partial charge >= 0.3 is 0 Å². The predicted molar refractivity (Wildman–Crippen MR) is 52.1 cm³/mol. The summed E-state index contributed by atoms with van der Waals surface area (Å²) in [6, 6.07) is 0. The molecule has 0 amide bonds. The van der Waals surface area contributed by atoms with Gasteiger partial charge in [-0.05, 0) is 24.7 Å². The van der Waals surface area contributed by atoms with E-state index in [0.717, 1.165) is 12.2 Å². The Hall–Kier alpha value is -0.830. The van der Waals surface area contributed by atoms with Crippen molar-refractivity contribution in [1.29, 1.82) is 0 Å². The Balaban J connectivity index is 2.09. The van der Waals surface area contributed by atoms with Crippen molar-refractivity contribution in [1.82, 2.24) is 9.55 Å². The Morgan fingerprint density at radius 3 is 2.92 bits per heavy atom. The van der Waals surface area contributed by atoms with Gasteiger partial charge in [-0.2, -0.15) is 0 Å². The first-order chi connectivity index (χ1) is 6.29. The highest BCUT2D eigenvalue weighted by atomic mass is 15.1. The summed E-state index contributed by atoms with van der Waals surface area (Å²) in [5.74, 6) is 0. The van der Waals surface area contributed by atoms with Gasteiger partial charge in [-0.15, -0.1) is 0 Å². The molecule has 0 unspecified atom stereocenters. The zero-order valence-corrected chi connectivity index (χ0v) is 8.16. The SMILES string of the molecule is CCC1(Cn2cncc2CN)CC1. The van der Waals surface area contributed by atoms with Crippen LogP contribution in [0.3, 0.4) is 0 Å². The number of rotatable bonds is 4. The highest BCUT2D eigenvalue weighted by Crippen LogP contribution is 2.50. The fourth-order valence-corrected chi connectivity index (χ4v) is 1.82. The van der Waals surface area contributed by atoms with Gasteiger partial charge in [0, 0.05) is 19.3 Å². The molecule has 0 atom stereocenters. The van der Waals surface area contributed by atoms with Crippen LogP contribution in [0.2, 0.25) is 0 Å². The fourth-order valence-electron chi connectivity index (χ4n) is 1.82. The second kappa shape index (κ2) is 3.14. The normalized spacial score (nSPS) is 18.9. The van der Waals surface area contributed by atoms with Crippen molar-refractivity contribution in [3.05, 3.63) is 18.2 Å². The number of aromatic nitrogens is 2. The molecule has 2 N–H and O–H groups in total. The standard InChI is InChI=1S/C10H17N3/c1-2-10(3-4-10)7-13-8-12-6-9(13)5-11/h6,8H,2-5,7,11H2,1H3. The lowest BCUT2D eigenvalue weighted by Crippen LogP contribution is -2.14. The van der Waals surface area contributed by atoms with Crippen LogP contribution in [-0.2, 0) is 13.1 Å². The van der Waals surface area contributed by atoms with E-state index in [1.165, 1.54) is 19.3 Å². The van der Waals surface area contributed by atoms with Gasteiger partial charge in [-0.1, -0.05) is 6.92 Å². The molecule has 0 radical (unpaired) electrons. The van der Waals surface area contributed by atoms with Crippen LogP contribution in [-0.4, -0.2) is 9.55 Å². The Morgan fingerprint density at radius 1 is 1.62 bits per heavy atom. The van der Waals surface area contributed by atoms with Crippen LogP contribution in [0.25, 0.3) is 0 Å². The minimum Gasteiger partial charge on any atom is -0.333 e. The largest absolute Gasteiger partial charge is 0.333 e.